The number of benzene rings is 1. The van der Waals surface area contributed by atoms with Crippen LogP contribution >= 0.6 is 0 Å². The molecule has 2 fully saturated rings. The summed E-state index contributed by atoms with van der Waals surface area (Å²) < 4.78 is 12.8. The average molecular weight is 304 g/mol. The smallest absolute Gasteiger partial charge is 0.234 e. The Hall–Kier alpha value is -1.42. The molecule has 0 bridgehead atoms. The number of amides is 1. The fourth-order valence-corrected chi connectivity index (χ4v) is 3.88. The lowest BCUT2D eigenvalue weighted by atomic mass is 9.75. The van der Waals surface area contributed by atoms with Crippen molar-refractivity contribution in [2.45, 2.75) is 38.6 Å². The Morgan fingerprint density at radius 3 is 2.64 bits per heavy atom. The number of halogens is 1. The second-order valence-corrected chi connectivity index (χ2v) is 6.73. The quantitative estimate of drug-likeness (QED) is 0.927. The summed E-state index contributed by atoms with van der Waals surface area (Å²) in [5.74, 6) is 1.52. The predicted molar refractivity (Wildman–Crippen MR) is 84.8 cm³/mol. The molecule has 4 heteroatoms. The van der Waals surface area contributed by atoms with Gasteiger partial charge in [-0.3, -0.25) is 9.69 Å². The number of rotatable bonds is 4. The number of nitrogens with zero attached hydrogens (tertiary/aromatic N) is 1. The molecule has 2 aliphatic rings. The Labute approximate surface area is 131 Å². The van der Waals surface area contributed by atoms with Gasteiger partial charge in [-0.05, 0) is 48.9 Å². The first-order chi connectivity index (χ1) is 10.7. The van der Waals surface area contributed by atoms with Crippen molar-refractivity contribution in [3.8, 4) is 0 Å². The van der Waals surface area contributed by atoms with Gasteiger partial charge in [0, 0.05) is 13.1 Å². The van der Waals surface area contributed by atoms with E-state index in [4.69, 9.17) is 0 Å². The van der Waals surface area contributed by atoms with E-state index in [1.54, 1.807) is 12.1 Å². The molecular formula is C18H25FN2O. The van der Waals surface area contributed by atoms with Crippen molar-refractivity contribution in [2.75, 3.05) is 19.6 Å². The zero-order chi connectivity index (χ0) is 15.4. The van der Waals surface area contributed by atoms with Crippen LogP contribution in [0.2, 0.25) is 0 Å². The molecule has 0 unspecified atom stereocenters. The number of hydrogen-bond donors (Lipinski definition) is 1. The number of carbonyl (C=O) groups excluding carboxylic acids is 1. The van der Waals surface area contributed by atoms with Crippen LogP contribution < -0.4 is 5.32 Å². The van der Waals surface area contributed by atoms with Crippen LogP contribution in [0.25, 0.3) is 0 Å². The normalized spacial score (nSPS) is 25.5. The van der Waals surface area contributed by atoms with Gasteiger partial charge in [-0.2, -0.15) is 0 Å². The minimum absolute atomic E-state index is 0.0681. The molecule has 1 saturated heterocycles. The Balaban J connectivity index is 1.42. The van der Waals surface area contributed by atoms with E-state index >= 15 is 0 Å². The second kappa shape index (κ2) is 7.23. The maximum Gasteiger partial charge on any atom is 0.234 e. The van der Waals surface area contributed by atoms with Gasteiger partial charge in [0.1, 0.15) is 5.82 Å². The third-order valence-corrected chi connectivity index (χ3v) is 5.15. The van der Waals surface area contributed by atoms with Gasteiger partial charge in [0.05, 0.1) is 6.54 Å². The third-order valence-electron chi connectivity index (χ3n) is 5.15. The van der Waals surface area contributed by atoms with Crippen LogP contribution in [0.15, 0.2) is 24.3 Å². The molecule has 0 aromatic heterocycles. The highest BCUT2D eigenvalue weighted by molar-refractivity contribution is 5.78. The molecular weight excluding hydrogens is 279 g/mol. The summed E-state index contributed by atoms with van der Waals surface area (Å²) in [6, 6.07) is 6.27. The molecule has 0 radical (unpaired) electrons. The molecule has 1 aliphatic heterocycles. The summed E-state index contributed by atoms with van der Waals surface area (Å²) in [6.45, 7) is 3.09. The molecule has 1 heterocycles. The zero-order valence-corrected chi connectivity index (χ0v) is 13.1. The van der Waals surface area contributed by atoms with Gasteiger partial charge in [-0.25, -0.2) is 4.39 Å². The molecule has 0 spiro atoms. The summed E-state index contributed by atoms with van der Waals surface area (Å²) in [5, 5.41) is 2.93. The number of carbonyl (C=O) groups is 1. The fourth-order valence-electron chi connectivity index (χ4n) is 3.88. The van der Waals surface area contributed by atoms with Crippen LogP contribution in [0.4, 0.5) is 4.39 Å². The lowest BCUT2D eigenvalue weighted by Gasteiger charge is -2.41. The van der Waals surface area contributed by atoms with Crippen molar-refractivity contribution in [3.63, 3.8) is 0 Å². The zero-order valence-electron chi connectivity index (χ0n) is 13.1. The van der Waals surface area contributed by atoms with E-state index in [1.165, 1.54) is 44.2 Å². The molecule has 2 atom stereocenters. The second-order valence-electron chi connectivity index (χ2n) is 6.73. The van der Waals surface area contributed by atoms with Crippen LogP contribution in [-0.4, -0.2) is 30.4 Å². The van der Waals surface area contributed by atoms with E-state index in [1.807, 2.05) is 0 Å². The first-order valence-electron chi connectivity index (χ1n) is 8.44. The van der Waals surface area contributed by atoms with Gasteiger partial charge in [0.2, 0.25) is 5.91 Å². The minimum Gasteiger partial charge on any atom is -0.351 e. The Morgan fingerprint density at radius 1 is 1.14 bits per heavy atom. The van der Waals surface area contributed by atoms with E-state index in [-0.39, 0.29) is 11.7 Å². The lowest BCUT2D eigenvalue weighted by Crippen LogP contribution is -2.46. The molecule has 1 N–H and O–H groups in total. The van der Waals surface area contributed by atoms with Gasteiger partial charge in [0.25, 0.3) is 0 Å². The number of likely N-dealkylation sites (tertiary alicyclic amines) is 1. The van der Waals surface area contributed by atoms with Crippen molar-refractivity contribution in [3.05, 3.63) is 35.6 Å². The number of fused-ring (bicyclic) bond motifs is 1. The molecule has 1 aromatic carbocycles. The standard InChI is InChI=1S/C18H25FN2O/c19-17-7-5-14(6-8-17)11-20-18(22)13-21-10-9-15-3-1-2-4-16(15)12-21/h5-8,15-16H,1-4,9-13H2,(H,20,22)/t15-,16-/m0/s1. The van der Waals surface area contributed by atoms with E-state index < -0.39 is 0 Å². The van der Waals surface area contributed by atoms with Gasteiger partial charge in [-0.1, -0.05) is 31.4 Å². The topological polar surface area (TPSA) is 32.3 Å². The maximum absolute atomic E-state index is 12.8. The highest BCUT2D eigenvalue weighted by Gasteiger charge is 2.31. The van der Waals surface area contributed by atoms with E-state index in [0.717, 1.165) is 30.5 Å². The van der Waals surface area contributed by atoms with Crippen molar-refractivity contribution in [2.24, 2.45) is 11.8 Å². The molecule has 1 saturated carbocycles. The molecule has 120 valence electrons. The van der Waals surface area contributed by atoms with Gasteiger partial charge >= 0.3 is 0 Å². The third kappa shape index (κ3) is 4.07. The number of hydrogen-bond acceptors (Lipinski definition) is 2. The van der Waals surface area contributed by atoms with Crippen LogP contribution in [0.3, 0.4) is 0 Å². The SMILES string of the molecule is O=C(CN1CC[C@@H]2CCCC[C@H]2C1)NCc1ccc(F)cc1. The molecule has 22 heavy (non-hydrogen) atoms. The first-order valence-corrected chi connectivity index (χ1v) is 8.44. The van der Waals surface area contributed by atoms with Crippen LogP contribution in [0.1, 0.15) is 37.7 Å². The molecule has 3 rings (SSSR count). The first kappa shape index (κ1) is 15.5. The van der Waals surface area contributed by atoms with E-state index in [9.17, 15) is 9.18 Å². The van der Waals surface area contributed by atoms with Gasteiger partial charge in [0.15, 0.2) is 0 Å². The molecule has 1 amide bonds. The summed E-state index contributed by atoms with van der Waals surface area (Å²) in [6.07, 6.45) is 6.70. The van der Waals surface area contributed by atoms with Gasteiger partial charge < -0.3 is 5.32 Å². The molecule has 3 nitrogen and oxygen atoms in total. The van der Waals surface area contributed by atoms with Crippen LogP contribution in [0, 0.1) is 17.7 Å². The summed E-state index contributed by atoms with van der Waals surface area (Å²) in [7, 11) is 0. The van der Waals surface area contributed by atoms with Crippen molar-refractivity contribution < 1.29 is 9.18 Å². The van der Waals surface area contributed by atoms with Crippen LogP contribution in [0.5, 0.6) is 0 Å². The van der Waals surface area contributed by atoms with Crippen molar-refractivity contribution in [1.82, 2.24) is 10.2 Å². The summed E-state index contributed by atoms with van der Waals surface area (Å²) in [5.41, 5.74) is 0.931. The fraction of sp³-hybridized carbons (Fsp3) is 0.611. The number of piperidine rings is 1. The molecule has 1 aromatic rings. The monoisotopic (exact) mass is 304 g/mol. The Morgan fingerprint density at radius 2 is 1.86 bits per heavy atom. The minimum atomic E-state index is -0.245. The largest absolute Gasteiger partial charge is 0.351 e. The Bertz CT molecular complexity index is 502. The van der Waals surface area contributed by atoms with Crippen LogP contribution in [-0.2, 0) is 11.3 Å². The summed E-state index contributed by atoms with van der Waals surface area (Å²) in [4.78, 5) is 14.4. The van der Waals surface area contributed by atoms with Crippen molar-refractivity contribution >= 4 is 5.91 Å². The maximum atomic E-state index is 12.8. The highest BCUT2D eigenvalue weighted by atomic mass is 19.1. The average Bonchev–Trinajstić information content (AvgIpc) is 2.54. The number of nitrogens with one attached hydrogen (secondary N) is 1. The summed E-state index contributed by atoms with van der Waals surface area (Å²) >= 11 is 0. The van der Waals surface area contributed by atoms with Crippen molar-refractivity contribution in [1.29, 1.82) is 0 Å². The lowest BCUT2D eigenvalue weighted by molar-refractivity contribution is -0.123. The van der Waals surface area contributed by atoms with E-state index in [0.29, 0.717) is 13.1 Å². The molecule has 1 aliphatic carbocycles. The predicted octanol–water partition coefficient (Wildman–Crippen LogP) is 2.95. The highest BCUT2D eigenvalue weighted by Crippen LogP contribution is 2.35. The van der Waals surface area contributed by atoms with Gasteiger partial charge in [-0.15, -0.1) is 0 Å². The Kier molecular flexibility index (Phi) is 5.08. The van der Waals surface area contributed by atoms with E-state index in [2.05, 4.69) is 10.2 Å².